The van der Waals surface area contributed by atoms with Crippen LogP contribution in [0.3, 0.4) is 0 Å². The molecule has 0 N–H and O–H groups in total. The summed E-state index contributed by atoms with van der Waals surface area (Å²) in [5, 5.41) is 0. The van der Waals surface area contributed by atoms with Crippen LogP contribution in [0.25, 0.3) is 0 Å². The molecule has 1 unspecified atom stereocenters. The number of amides is 1. The Labute approximate surface area is 110 Å². The van der Waals surface area contributed by atoms with Crippen LogP contribution in [0.5, 0.6) is 0 Å². The van der Waals surface area contributed by atoms with E-state index in [1.54, 1.807) is 6.92 Å². The number of nitrogens with zero attached hydrogens (tertiary/aromatic N) is 1. The lowest BCUT2D eigenvalue weighted by Crippen LogP contribution is -2.44. The molecule has 1 heterocycles. The number of rotatable bonds is 7. The predicted octanol–water partition coefficient (Wildman–Crippen LogP) is 2.16. The molecule has 1 amide bonds. The highest BCUT2D eigenvalue weighted by Crippen LogP contribution is 2.21. The second-order valence-corrected chi connectivity index (χ2v) is 4.94. The van der Waals surface area contributed by atoms with Crippen LogP contribution in [-0.4, -0.2) is 42.4 Å². The van der Waals surface area contributed by atoms with Crippen LogP contribution in [0.1, 0.15) is 52.4 Å². The smallest absolute Gasteiger partial charge is 0.222 e. The Balaban J connectivity index is 2.39. The normalized spacial score (nSPS) is 19.9. The zero-order chi connectivity index (χ0) is 13.4. The van der Waals surface area contributed by atoms with Crippen molar-refractivity contribution < 1.29 is 14.3 Å². The molecule has 104 valence electrons. The van der Waals surface area contributed by atoms with Gasteiger partial charge < -0.3 is 9.64 Å². The van der Waals surface area contributed by atoms with Gasteiger partial charge in [0.1, 0.15) is 5.78 Å². The van der Waals surface area contributed by atoms with E-state index in [1.807, 2.05) is 11.8 Å². The summed E-state index contributed by atoms with van der Waals surface area (Å²) in [7, 11) is 0. The molecular formula is C14H25NO3. The zero-order valence-corrected chi connectivity index (χ0v) is 11.6. The molecule has 0 saturated carbocycles. The zero-order valence-electron chi connectivity index (χ0n) is 11.6. The lowest BCUT2D eigenvalue weighted by Gasteiger charge is -2.35. The molecular weight excluding hydrogens is 230 g/mol. The van der Waals surface area contributed by atoms with Crippen LogP contribution in [0.4, 0.5) is 0 Å². The number of ether oxygens (including phenoxy) is 1. The molecule has 0 bridgehead atoms. The highest BCUT2D eigenvalue weighted by molar-refractivity contribution is 5.79. The molecule has 1 saturated heterocycles. The van der Waals surface area contributed by atoms with Crippen molar-refractivity contribution >= 4 is 11.7 Å². The Hall–Kier alpha value is -0.900. The maximum Gasteiger partial charge on any atom is 0.222 e. The Kier molecular flexibility index (Phi) is 6.94. The van der Waals surface area contributed by atoms with Crippen molar-refractivity contribution in [1.29, 1.82) is 0 Å². The van der Waals surface area contributed by atoms with Gasteiger partial charge in [-0.05, 0) is 39.5 Å². The van der Waals surface area contributed by atoms with Crippen molar-refractivity contribution in [3.8, 4) is 0 Å². The molecule has 1 atom stereocenters. The van der Waals surface area contributed by atoms with Crippen molar-refractivity contribution in [3.63, 3.8) is 0 Å². The number of likely N-dealkylation sites (tertiary alicyclic amines) is 1. The van der Waals surface area contributed by atoms with Crippen LogP contribution in [0.2, 0.25) is 0 Å². The molecule has 18 heavy (non-hydrogen) atoms. The van der Waals surface area contributed by atoms with Crippen molar-refractivity contribution in [1.82, 2.24) is 4.90 Å². The summed E-state index contributed by atoms with van der Waals surface area (Å²) in [6.07, 6.45) is 4.98. The average molecular weight is 255 g/mol. The molecule has 1 aliphatic rings. The van der Waals surface area contributed by atoms with E-state index < -0.39 is 0 Å². The minimum Gasteiger partial charge on any atom is -0.382 e. The van der Waals surface area contributed by atoms with Gasteiger partial charge in [0.05, 0.1) is 0 Å². The first kappa shape index (κ1) is 15.2. The average Bonchev–Trinajstić information content (AvgIpc) is 2.34. The monoisotopic (exact) mass is 255 g/mol. The largest absolute Gasteiger partial charge is 0.382 e. The van der Waals surface area contributed by atoms with Gasteiger partial charge in [0, 0.05) is 38.6 Å². The number of piperidine rings is 1. The predicted molar refractivity (Wildman–Crippen MR) is 70.4 cm³/mol. The second-order valence-electron chi connectivity index (χ2n) is 4.94. The van der Waals surface area contributed by atoms with E-state index >= 15 is 0 Å². The fraction of sp³-hybridized carbons (Fsp3) is 0.857. The fourth-order valence-corrected chi connectivity index (χ4v) is 2.49. The molecule has 0 radical (unpaired) electrons. The van der Waals surface area contributed by atoms with E-state index in [0.717, 1.165) is 32.2 Å². The lowest BCUT2D eigenvalue weighted by atomic mass is 9.97. The SMILES string of the molecule is CCOCCCC(=O)N1CCCCC1CC(C)=O. The summed E-state index contributed by atoms with van der Waals surface area (Å²) in [5.41, 5.74) is 0. The van der Waals surface area contributed by atoms with E-state index in [9.17, 15) is 9.59 Å². The van der Waals surface area contributed by atoms with E-state index in [4.69, 9.17) is 4.74 Å². The van der Waals surface area contributed by atoms with Crippen molar-refractivity contribution in [2.75, 3.05) is 19.8 Å². The molecule has 1 fully saturated rings. The Morgan fingerprint density at radius 1 is 1.33 bits per heavy atom. The summed E-state index contributed by atoms with van der Waals surface area (Å²) in [6, 6.07) is 0.135. The molecule has 4 heteroatoms. The minimum absolute atomic E-state index is 0.135. The highest BCUT2D eigenvalue weighted by Gasteiger charge is 2.26. The third-order valence-electron chi connectivity index (χ3n) is 3.35. The number of Topliss-reactive ketones (excluding diaryl/α,β-unsaturated/α-hetero) is 1. The number of carbonyl (C=O) groups excluding carboxylic acids is 2. The third-order valence-corrected chi connectivity index (χ3v) is 3.35. The van der Waals surface area contributed by atoms with Gasteiger partial charge in [-0.2, -0.15) is 0 Å². The summed E-state index contributed by atoms with van der Waals surface area (Å²) in [5.74, 6) is 0.356. The number of hydrogen-bond donors (Lipinski definition) is 0. The van der Waals surface area contributed by atoms with Gasteiger partial charge in [-0.25, -0.2) is 0 Å². The lowest BCUT2D eigenvalue weighted by molar-refractivity contribution is -0.136. The number of hydrogen-bond acceptors (Lipinski definition) is 3. The first-order valence-corrected chi connectivity index (χ1v) is 7.01. The standard InChI is InChI=1S/C14H25NO3/c1-3-18-10-6-8-14(17)15-9-5-4-7-13(15)11-12(2)16/h13H,3-11H2,1-2H3. The maximum absolute atomic E-state index is 12.1. The van der Waals surface area contributed by atoms with Gasteiger partial charge in [-0.3, -0.25) is 9.59 Å². The third kappa shape index (κ3) is 5.17. The van der Waals surface area contributed by atoms with Crippen molar-refractivity contribution in [2.24, 2.45) is 0 Å². The van der Waals surface area contributed by atoms with Gasteiger partial charge in [0.25, 0.3) is 0 Å². The summed E-state index contributed by atoms with van der Waals surface area (Å²) in [6.45, 7) is 5.71. The van der Waals surface area contributed by atoms with Gasteiger partial charge >= 0.3 is 0 Å². The van der Waals surface area contributed by atoms with Gasteiger partial charge in [0.2, 0.25) is 5.91 Å². The molecule has 4 nitrogen and oxygen atoms in total. The summed E-state index contributed by atoms with van der Waals surface area (Å²) >= 11 is 0. The fourth-order valence-electron chi connectivity index (χ4n) is 2.49. The molecule has 1 aliphatic heterocycles. The van der Waals surface area contributed by atoms with Crippen LogP contribution in [0.15, 0.2) is 0 Å². The van der Waals surface area contributed by atoms with Crippen LogP contribution < -0.4 is 0 Å². The molecule has 1 rings (SSSR count). The first-order valence-electron chi connectivity index (χ1n) is 7.01. The number of ketones is 1. The van der Waals surface area contributed by atoms with Gasteiger partial charge in [0.15, 0.2) is 0 Å². The first-order chi connectivity index (χ1) is 8.65. The van der Waals surface area contributed by atoms with Crippen LogP contribution in [0, 0.1) is 0 Å². The van der Waals surface area contributed by atoms with Crippen LogP contribution in [-0.2, 0) is 14.3 Å². The van der Waals surface area contributed by atoms with E-state index in [-0.39, 0.29) is 17.7 Å². The quantitative estimate of drug-likeness (QED) is 0.655. The summed E-state index contributed by atoms with van der Waals surface area (Å²) < 4.78 is 5.24. The van der Waals surface area contributed by atoms with Gasteiger partial charge in [-0.1, -0.05) is 0 Å². The van der Waals surface area contributed by atoms with E-state index in [1.165, 1.54) is 0 Å². The van der Waals surface area contributed by atoms with Crippen molar-refractivity contribution in [3.05, 3.63) is 0 Å². The minimum atomic E-state index is 0.135. The molecule has 0 spiro atoms. The molecule has 0 aromatic carbocycles. The van der Waals surface area contributed by atoms with Crippen molar-refractivity contribution in [2.45, 2.75) is 58.4 Å². The highest BCUT2D eigenvalue weighted by atomic mass is 16.5. The van der Waals surface area contributed by atoms with E-state index in [0.29, 0.717) is 26.1 Å². The Morgan fingerprint density at radius 2 is 2.11 bits per heavy atom. The molecule has 0 aromatic rings. The Bertz CT molecular complexity index is 278. The van der Waals surface area contributed by atoms with Crippen LogP contribution >= 0.6 is 0 Å². The van der Waals surface area contributed by atoms with E-state index in [2.05, 4.69) is 0 Å². The Morgan fingerprint density at radius 3 is 2.78 bits per heavy atom. The summed E-state index contributed by atoms with van der Waals surface area (Å²) in [4.78, 5) is 25.2. The number of carbonyl (C=O) groups is 2. The molecule has 0 aromatic heterocycles. The van der Waals surface area contributed by atoms with Gasteiger partial charge in [-0.15, -0.1) is 0 Å². The topological polar surface area (TPSA) is 46.6 Å². The maximum atomic E-state index is 12.1. The molecule has 0 aliphatic carbocycles. The second kappa shape index (κ2) is 8.25.